The Hall–Kier alpha value is -2.05. The van der Waals surface area contributed by atoms with Crippen LogP contribution in [0, 0.1) is 0 Å². The van der Waals surface area contributed by atoms with Gasteiger partial charge in [-0.1, -0.05) is 12.1 Å². The van der Waals surface area contributed by atoms with Crippen molar-refractivity contribution in [2.45, 2.75) is 17.7 Å². The molecule has 0 heterocycles. The lowest BCUT2D eigenvalue weighted by molar-refractivity contribution is 0.0526. The maximum atomic E-state index is 12.3. The van der Waals surface area contributed by atoms with Gasteiger partial charge in [0.05, 0.1) is 17.1 Å². The van der Waals surface area contributed by atoms with E-state index in [0.717, 1.165) is 0 Å². The molecule has 0 aromatic heterocycles. The second-order valence-electron chi connectivity index (χ2n) is 4.68. The summed E-state index contributed by atoms with van der Waals surface area (Å²) in [4.78, 5) is 11.7. The quantitative estimate of drug-likeness (QED) is 0.638. The van der Waals surface area contributed by atoms with E-state index in [9.17, 15) is 13.2 Å². The van der Waals surface area contributed by atoms with E-state index in [4.69, 9.17) is 16.3 Å². The monoisotopic (exact) mass is 353 g/mol. The van der Waals surface area contributed by atoms with Crippen LogP contribution in [0.5, 0.6) is 0 Å². The molecule has 2 aromatic rings. The average Bonchev–Trinajstić information content (AvgIpc) is 2.55. The predicted molar refractivity (Wildman–Crippen MR) is 89.2 cm³/mol. The van der Waals surface area contributed by atoms with Crippen LogP contribution < -0.4 is 4.72 Å². The zero-order chi connectivity index (χ0) is 16.9. The van der Waals surface area contributed by atoms with E-state index in [1.807, 2.05) is 0 Å². The summed E-state index contributed by atoms with van der Waals surface area (Å²) >= 11 is 5.72. The van der Waals surface area contributed by atoms with Crippen LogP contribution in [0.2, 0.25) is 0 Å². The third-order valence-electron chi connectivity index (χ3n) is 3.01. The number of sulfonamides is 1. The van der Waals surface area contributed by atoms with Crippen molar-refractivity contribution in [1.29, 1.82) is 0 Å². The molecule has 0 saturated heterocycles. The number of ether oxygens (including phenoxy) is 1. The van der Waals surface area contributed by atoms with Crippen LogP contribution >= 0.6 is 11.6 Å². The summed E-state index contributed by atoms with van der Waals surface area (Å²) in [6.45, 7) is 2.00. The molecule has 0 fully saturated rings. The van der Waals surface area contributed by atoms with Crippen molar-refractivity contribution >= 4 is 33.3 Å². The summed E-state index contributed by atoms with van der Waals surface area (Å²) in [5.74, 6) is -0.214. The molecule has 0 radical (unpaired) electrons. The molecule has 7 heteroatoms. The van der Waals surface area contributed by atoms with Crippen LogP contribution in [-0.4, -0.2) is 21.0 Å². The highest BCUT2D eigenvalue weighted by Gasteiger charge is 2.15. The first-order valence-corrected chi connectivity index (χ1v) is 8.93. The molecule has 2 rings (SSSR count). The number of alkyl halides is 1. The van der Waals surface area contributed by atoms with Crippen LogP contribution in [0.4, 0.5) is 5.69 Å². The summed E-state index contributed by atoms with van der Waals surface area (Å²) in [6.07, 6.45) is 0. The molecule has 0 amide bonds. The summed E-state index contributed by atoms with van der Waals surface area (Å²) in [5, 5.41) is 0. The van der Waals surface area contributed by atoms with E-state index in [0.29, 0.717) is 16.8 Å². The smallest absolute Gasteiger partial charge is 0.338 e. The summed E-state index contributed by atoms with van der Waals surface area (Å²) in [7, 11) is -3.71. The SMILES string of the molecule is CCOC(=O)c1ccc(NS(=O)(=O)c2cccc(CCl)c2)cc1. The molecule has 0 spiro atoms. The highest BCUT2D eigenvalue weighted by atomic mass is 35.5. The minimum absolute atomic E-state index is 0.130. The van der Waals surface area contributed by atoms with Crippen molar-refractivity contribution in [3.8, 4) is 0 Å². The van der Waals surface area contributed by atoms with Gasteiger partial charge < -0.3 is 4.74 Å². The molecule has 0 unspecified atom stereocenters. The number of benzene rings is 2. The topological polar surface area (TPSA) is 72.5 Å². The maximum absolute atomic E-state index is 12.3. The van der Waals surface area contributed by atoms with Crippen molar-refractivity contribution in [3.63, 3.8) is 0 Å². The lowest BCUT2D eigenvalue weighted by Gasteiger charge is -2.09. The number of hydrogen-bond donors (Lipinski definition) is 1. The number of rotatable bonds is 6. The van der Waals surface area contributed by atoms with Crippen LogP contribution in [0.3, 0.4) is 0 Å². The number of esters is 1. The summed E-state index contributed by atoms with van der Waals surface area (Å²) in [6, 6.07) is 12.4. The molecule has 0 atom stereocenters. The number of hydrogen-bond acceptors (Lipinski definition) is 4. The van der Waals surface area contributed by atoms with Gasteiger partial charge in [0.15, 0.2) is 0 Å². The van der Waals surface area contributed by atoms with Crippen LogP contribution in [0.15, 0.2) is 53.4 Å². The Balaban J connectivity index is 2.18. The molecule has 5 nitrogen and oxygen atoms in total. The molecule has 1 N–H and O–H groups in total. The van der Waals surface area contributed by atoms with Gasteiger partial charge in [-0.25, -0.2) is 13.2 Å². The fourth-order valence-electron chi connectivity index (χ4n) is 1.90. The van der Waals surface area contributed by atoms with Crippen molar-refractivity contribution in [2.75, 3.05) is 11.3 Å². The van der Waals surface area contributed by atoms with Gasteiger partial charge in [0.25, 0.3) is 10.0 Å². The maximum Gasteiger partial charge on any atom is 0.338 e. The number of anilines is 1. The van der Waals surface area contributed by atoms with Crippen LogP contribution in [-0.2, 0) is 20.6 Å². The lowest BCUT2D eigenvalue weighted by Crippen LogP contribution is -2.13. The highest BCUT2D eigenvalue weighted by molar-refractivity contribution is 7.92. The number of carbonyl (C=O) groups is 1. The third-order valence-corrected chi connectivity index (χ3v) is 4.70. The second kappa shape index (κ2) is 7.48. The largest absolute Gasteiger partial charge is 0.462 e. The first kappa shape index (κ1) is 17.3. The molecule has 0 saturated carbocycles. The van der Waals surface area contributed by atoms with E-state index in [-0.39, 0.29) is 17.4 Å². The minimum atomic E-state index is -3.71. The van der Waals surface area contributed by atoms with Gasteiger partial charge in [-0.2, -0.15) is 0 Å². The fraction of sp³-hybridized carbons (Fsp3) is 0.188. The standard InChI is InChI=1S/C16H16ClNO4S/c1-2-22-16(19)13-6-8-14(9-7-13)18-23(20,21)15-5-3-4-12(10-15)11-17/h3-10,18H,2,11H2,1H3. The van der Waals surface area contributed by atoms with Gasteiger partial charge in [-0.15, -0.1) is 11.6 Å². The number of nitrogens with one attached hydrogen (secondary N) is 1. The lowest BCUT2D eigenvalue weighted by atomic mass is 10.2. The van der Waals surface area contributed by atoms with Gasteiger partial charge >= 0.3 is 5.97 Å². The Labute approximate surface area is 140 Å². The Kier molecular flexibility index (Phi) is 5.63. The van der Waals surface area contributed by atoms with Crippen molar-refractivity contribution in [1.82, 2.24) is 0 Å². The fourth-order valence-corrected chi connectivity index (χ4v) is 3.19. The Morgan fingerprint density at radius 2 is 1.87 bits per heavy atom. The first-order valence-electron chi connectivity index (χ1n) is 6.91. The third kappa shape index (κ3) is 4.46. The minimum Gasteiger partial charge on any atom is -0.462 e. The molecule has 0 aliphatic rings. The molecular weight excluding hydrogens is 338 g/mol. The molecule has 0 bridgehead atoms. The number of carbonyl (C=O) groups excluding carboxylic acids is 1. The van der Waals surface area contributed by atoms with Crippen LogP contribution in [0.1, 0.15) is 22.8 Å². The molecule has 122 valence electrons. The normalized spacial score (nSPS) is 11.0. The molecular formula is C16H16ClNO4S. The highest BCUT2D eigenvalue weighted by Crippen LogP contribution is 2.18. The van der Waals surface area contributed by atoms with Crippen molar-refractivity contribution < 1.29 is 17.9 Å². The van der Waals surface area contributed by atoms with Crippen molar-refractivity contribution in [3.05, 3.63) is 59.7 Å². The average molecular weight is 354 g/mol. The van der Waals surface area contributed by atoms with Gasteiger partial charge in [0.2, 0.25) is 0 Å². The van der Waals surface area contributed by atoms with Gasteiger partial charge in [0.1, 0.15) is 0 Å². The summed E-state index contributed by atoms with van der Waals surface area (Å²) in [5.41, 5.74) is 1.43. The predicted octanol–water partition coefficient (Wildman–Crippen LogP) is 3.40. The van der Waals surface area contributed by atoms with E-state index in [1.54, 1.807) is 19.1 Å². The zero-order valence-corrected chi connectivity index (χ0v) is 14.0. The van der Waals surface area contributed by atoms with Crippen LogP contribution in [0.25, 0.3) is 0 Å². The van der Waals surface area contributed by atoms with Crippen molar-refractivity contribution in [2.24, 2.45) is 0 Å². The molecule has 23 heavy (non-hydrogen) atoms. The summed E-state index contributed by atoms with van der Waals surface area (Å²) < 4.78 is 32.0. The molecule has 2 aromatic carbocycles. The zero-order valence-electron chi connectivity index (χ0n) is 12.5. The Bertz CT molecular complexity index is 788. The van der Waals surface area contributed by atoms with E-state index in [2.05, 4.69) is 4.72 Å². The van der Waals surface area contributed by atoms with E-state index < -0.39 is 16.0 Å². The Morgan fingerprint density at radius 3 is 2.48 bits per heavy atom. The van der Waals surface area contributed by atoms with Gasteiger partial charge in [-0.3, -0.25) is 4.72 Å². The number of halogens is 1. The second-order valence-corrected chi connectivity index (χ2v) is 6.63. The van der Waals surface area contributed by atoms with E-state index >= 15 is 0 Å². The van der Waals surface area contributed by atoms with E-state index in [1.165, 1.54) is 36.4 Å². The Morgan fingerprint density at radius 1 is 1.17 bits per heavy atom. The molecule has 0 aliphatic heterocycles. The first-order chi connectivity index (χ1) is 11.0. The molecule has 0 aliphatic carbocycles. The van der Waals surface area contributed by atoms with Gasteiger partial charge in [0, 0.05) is 11.6 Å². The van der Waals surface area contributed by atoms with Gasteiger partial charge in [-0.05, 0) is 48.9 Å².